The largest absolute Gasteiger partial charge is 0.496 e. The second-order valence-corrected chi connectivity index (χ2v) is 9.58. The predicted molar refractivity (Wildman–Crippen MR) is 136 cm³/mol. The van der Waals surface area contributed by atoms with E-state index in [2.05, 4.69) is 23.6 Å². The van der Waals surface area contributed by atoms with Crippen molar-refractivity contribution in [2.24, 2.45) is 0 Å². The molecule has 0 saturated carbocycles. The average molecular weight is 480 g/mol. The number of rotatable bonds is 12. The first-order valence-electron chi connectivity index (χ1n) is 12.0. The molecule has 0 bridgehead atoms. The van der Waals surface area contributed by atoms with Crippen molar-refractivity contribution in [3.05, 3.63) is 82.0 Å². The molecule has 180 valence electrons. The number of amides is 1. The Morgan fingerprint density at radius 1 is 1.12 bits per heavy atom. The molecule has 1 aliphatic rings. The zero-order valence-electron chi connectivity index (χ0n) is 19.8. The molecular weight excluding hydrogens is 446 g/mol. The van der Waals surface area contributed by atoms with Gasteiger partial charge in [0.1, 0.15) is 11.5 Å². The molecule has 5 nitrogen and oxygen atoms in total. The number of hydrogen-bond acceptors (Lipinski definition) is 5. The molecule has 1 fully saturated rings. The number of nitrogens with zero attached hydrogens (tertiary/aromatic N) is 1. The number of methoxy groups -OCH3 is 1. The Morgan fingerprint density at radius 2 is 2.03 bits per heavy atom. The van der Waals surface area contributed by atoms with Crippen LogP contribution in [0, 0.1) is 0 Å². The van der Waals surface area contributed by atoms with Crippen LogP contribution in [0.3, 0.4) is 0 Å². The fourth-order valence-electron chi connectivity index (χ4n) is 4.28. The molecular formula is C28H33NO4S. The fraction of sp³-hybridized carbons (Fsp3) is 0.393. The van der Waals surface area contributed by atoms with Gasteiger partial charge in [-0.3, -0.25) is 4.79 Å². The van der Waals surface area contributed by atoms with E-state index in [0.717, 1.165) is 48.5 Å². The zero-order chi connectivity index (χ0) is 23.6. The number of hydrogen-bond donors (Lipinski definition) is 0. The van der Waals surface area contributed by atoms with E-state index in [1.54, 1.807) is 18.4 Å². The summed E-state index contributed by atoms with van der Waals surface area (Å²) in [4.78, 5) is 16.6. The molecule has 1 atom stereocenters. The lowest BCUT2D eigenvalue weighted by atomic mass is 10.1. The molecule has 1 aliphatic heterocycles. The van der Waals surface area contributed by atoms with E-state index < -0.39 is 0 Å². The number of benzene rings is 2. The highest BCUT2D eigenvalue weighted by Crippen LogP contribution is 2.22. The molecule has 1 saturated heterocycles. The highest BCUT2D eigenvalue weighted by atomic mass is 32.1. The van der Waals surface area contributed by atoms with Gasteiger partial charge in [0.05, 0.1) is 19.8 Å². The first kappa shape index (κ1) is 24.3. The summed E-state index contributed by atoms with van der Waals surface area (Å²) in [6.45, 7) is 2.59. The fourth-order valence-corrected chi connectivity index (χ4v) is 4.97. The number of carbonyl (C=O) groups is 1. The lowest BCUT2D eigenvalue weighted by Crippen LogP contribution is -2.37. The molecule has 0 aliphatic carbocycles. The number of aryl methyl sites for hydroxylation is 1. The van der Waals surface area contributed by atoms with Crippen LogP contribution in [0.5, 0.6) is 11.5 Å². The quantitative estimate of drug-likeness (QED) is 0.343. The molecule has 3 aromatic rings. The summed E-state index contributed by atoms with van der Waals surface area (Å²) in [5, 5.41) is 2.09. The maximum Gasteiger partial charge on any atom is 0.223 e. The Bertz CT molecular complexity index is 1030. The predicted octanol–water partition coefficient (Wildman–Crippen LogP) is 5.52. The lowest BCUT2D eigenvalue weighted by molar-refractivity contribution is -0.133. The van der Waals surface area contributed by atoms with Crippen LogP contribution in [0.1, 0.15) is 35.3 Å². The molecule has 0 unspecified atom stereocenters. The standard InChI is InChI=1S/C28H33NO4S/c1-31-27-12-3-2-8-23(27)13-14-28(30)29(21-25-10-5-16-32-25)20-22-7-4-9-24(19-22)33-17-15-26-11-6-18-34-26/h2-4,6-9,11-12,18-19,25H,5,10,13-17,20-21H2,1H3/t25-/m0/s1. The summed E-state index contributed by atoms with van der Waals surface area (Å²) >= 11 is 1.75. The Labute approximate surface area is 206 Å². The molecule has 6 heteroatoms. The second-order valence-electron chi connectivity index (χ2n) is 8.55. The van der Waals surface area contributed by atoms with Crippen molar-refractivity contribution in [3.63, 3.8) is 0 Å². The first-order chi connectivity index (χ1) is 16.7. The van der Waals surface area contributed by atoms with E-state index in [-0.39, 0.29) is 12.0 Å². The van der Waals surface area contributed by atoms with Gasteiger partial charge in [-0.15, -0.1) is 11.3 Å². The van der Waals surface area contributed by atoms with E-state index in [0.29, 0.717) is 32.5 Å². The zero-order valence-corrected chi connectivity index (χ0v) is 20.6. The van der Waals surface area contributed by atoms with Crippen LogP contribution in [0.25, 0.3) is 0 Å². The maximum atomic E-state index is 13.3. The van der Waals surface area contributed by atoms with E-state index in [1.807, 2.05) is 47.4 Å². The summed E-state index contributed by atoms with van der Waals surface area (Å²) in [7, 11) is 1.67. The van der Waals surface area contributed by atoms with Gasteiger partial charge in [0.25, 0.3) is 0 Å². The molecule has 34 heavy (non-hydrogen) atoms. The van der Waals surface area contributed by atoms with Crippen LogP contribution in [-0.4, -0.2) is 43.8 Å². The minimum atomic E-state index is 0.112. The van der Waals surface area contributed by atoms with Crippen LogP contribution in [0.4, 0.5) is 0 Å². The third-order valence-corrected chi connectivity index (χ3v) is 7.01. The Kier molecular flexibility index (Phi) is 8.99. The minimum absolute atomic E-state index is 0.112. The highest BCUT2D eigenvalue weighted by Gasteiger charge is 2.23. The monoisotopic (exact) mass is 479 g/mol. The second kappa shape index (κ2) is 12.6. The van der Waals surface area contributed by atoms with Gasteiger partial charge in [-0.05, 0) is 60.0 Å². The van der Waals surface area contributed by atoms with Gasteiger partial charge >= 0.3 is 0 Å². The summed E-state index contributed by atoms with van der Waals surface area (Å²) in [6, 6.07) is 20.2. The van der Waals surface area contributed by atoms with E-state index in [4.69, 9.17) is 14.2 Å². The van der Waals surface area contributed by atoms with Crippen LogP contribution in [0.2, 0.25) is 0 Å². The van der Waals surface area contributed by atoms with Crippen LogP contribution < -0.4 is 9.47 Å². The third-order valence-electron chi connectivity index (χ3n) is 6.07. The van der Waals surface area contributed by atoms with Crippen molar-refractivity contribution in [1.29, 1.82) is 0 Å². The molecule has 1 amide bonds. The molecule has 2 heterocycles. The Morgan fingerprint density at radius 3 is 2.82 bits per heavy atom. The Hall–Kier alpha value is -2.83. The minimum Gasteiger partial charge on any atom is -0.496 e. The van der Waals surface area contributed by atoms with E-state index in [9.17, 15) is 4.79 Å². The van der Waals surface area contributed by atoms with Gasteiger partial charge < -0.3 is 19.1 Å². The number of thiophene rings is 1. The van der Waals surface area contributed by atoms with Crippen LogP contribution in [-0.2, 0) is 28.9 Å². The highest BCUT2D eigenvalue weighted by molar-refractivity contribution is 7.09. The normalized spacial score (nSPS) is 15.3. The first-order valence-corrected chi connectivity index (χ1v) is 12.8. The molecule has 0 radical (unpaired) electrons. The Balaban J connectivity index is 1.38. The molecule has 4 rings (SSSR count). The smallest absolute Gasteiger partial charge is 0.223 e. The summed E-state index contributed by atoms with van der Waals surface area (Å²) in [5.74, 6) is 1.80. The van der Waals surface area contributed by atoms with Gasteiger partial charge in [-0.25, -0.2) is 0 Å². The van der Waals surface area contributed by atoms with Gasteiger partial charge in [0, 0.05) is 37.4 Å². The van der Waals surface area contributed by atoms with Crippen molar-refractivity contribution < 1.29 is 19.0 Å². The van der Waals surface area contributed by atoms with Crippen molar-refractivity contribution >= 4 is 17.2 Å². The maximum absolute atomic E-state index is 13.3. The van der Waals surface area contributed by atoms with Crippen molar-refractivity contribution in [1.82, 2.24) is 4.90 Å². The van der Waals surface area contributed by atoms with Crippen molar-refractivity contribution in [2.75, 3.05) is 26.9 Å². The third kappa shape index (κ3) is 7.08. The molecule has 0 spiro atoms. The van der Waals surface area contributed by atoms with Gasteiger partial charge in [0.15, 0.2) is 0 Å². The van der Waals surface area contributed by atoms with Crippen molar-refractivity contribution in [3.8, 4) is 11.5 Å². The van der Waals surface area contributed by atoms with Gasteiger partial charge in [-0.1, -0.05) is 36.4 Å². The van der Waals surface area contributed by atoms with E-state index >= 15 is 0 Å². The topological polar surface area (TPSA) is 48.0 Å². The summed E-state index contributed by atoms with van der Waals surface area (Å²) in [5.41, 5.74) is 2.12. The number of ether oxygens (including phenoxy) is 3. The van der Waals surface area contributed by atoms with Gasteiger partial charge in [-0.2, -0.15) is 0 Å². The molecule has 2 aromatic carbocycles. The number of para-hydroxylation sites is 1. The summed E-state index contributed by atoms with van der Waals surface area (Å²) in [6.07, 6.45) is 4.15. The summed E-state index contributed by atoms with van der Waals surface area (Å²) < 4.78 is 17.3. The SMILES string of the molecule is COc1ccccc1CCC(=O)N(Cc1cccc(OCCc2cccs2)c1)C[C@@H]1CCCO1. The average Bonchev–Trinajstić information content (AvgIpc) is 3.57. The van der Waals surface area contributed by atoms with Crippen LogP contribution in [0.15, 0.2) is 66.0 Å². The van der Waals surface area contributed by atoms with E-state index in [1.165, 1.54) is 4.88 Å². The van der Waals surface area contributed by atoms with Crippen LogP contribution >= 0.6 is 11.3 Å². The van der Waals surface area contributed by atoms with Crippen molar-refractivity contribution in [2.45, 2.75) is 44.8 Å². The molecule has 1 aromatic heterocycles. The number of carbonyl (C=O) groups excluding carboxylic acids is 1. The van der Waals surface area contributed by atoms with Gasteiger partial charge in [0.2, 0.25) is 5.91 Å². The lowest BCUT2D eigenvalue weighted by Gasteiger charge is -2.26. The molecule has 0 N–H and O–H groups in total.